The monoisotopic (exact) mass is 468 g/mol. The van der Waals surface area contributed by atoms with Crippen molar-refractivity contribution < 1.29 is 28.7 Å². The van der Waals surface area contributed by atoms with E-state index in [2.05, 4.69) is 0 Å². The zero-order valence-corrected chi connectivity index (χ0v) is 21.4. The number of hydrogen-bond donors (Lipinski definition) is 0. The summed E-state index contributed by atoms with van der Waals surface area (Å²) < 4.78 is 9.45. The normalized spacial score (nSPS) is 12.9. The molecule has 0 spiro atoms. The second-order valence-corrected chi connectivity index (χ2v) is 9.96. The van der Waals surface area contributed by atoms with Crippen LogP contribution in [0.4, 0.5) is 0 Å². The maximum absolute atomic E-state index is 12.3. The van der Waals surface area contributed by atoms with Crippen LogP contribution >= 0.6 is 0 Å². The summed E-state index contributed by atoms with van der Waals surface area (Å²) in [6, 6.07) is 18.0. The molecule has 2 aromatic carbocycles. The Bertz CT molecular complexity index is 884. The lowest BCUT2D eigenvalue weighted by molar-refractivity contribution is -0.149. The molecule has 6 heteroatoms. The van der Waals surface area contributed by atoms with Crippen molar-refractivity contribution in [3.05, 3.63) is 71.8 Å². The van der Waals surface area contributed by atoms with Crippen molar-refractivity contribution in [2.45, 2.75) is 53.4 Å². The van der Waals surface area contributed by atoms with Crippen LogP contribution in [0.3, 0.4) is 0 Å². The number of Topliss-reactive ketones (excluding diaryl/α,β-unsaturated/α-hetero) is 2. The topological polar surface area (TPSA) is 86.7 Å². The van der Waals surface area contributed by atoms with Crippen molar-refractivity contribution in [2.24, 2.45) is 10.8 Å². The molecule has 0 fully saturated rings. The second-order valence-electron chi connectivity index (χ2n) is 9.96. The molecular weight excluding hydrogens is 432 g/mol. The Labute approximate surface area is 202 Å². The molecule has 2 aromatic rings. The van der Waals surface area contributed by atoms with E-state index in [9.17, 15) is 19.2 Å². The van der Waals surface area contributed by atoms with Gasteiger partial charge in [0, 0.05) is 10.8 Å². The number of rotatable bonds is 6. The predicted octanol–water partition coefficient (Wildman–Crippen LogP) is 5.12. The van der Waals surface area contributed by atoms with Crippen molar-refractivity contribution in [3.8, 4) is 0 Å². The molecule has 0 saturated carbocycles. The number of benzene rings is 2. The van der Waals surface area contributed by atoms with Gasteiger partial charge in [0.05, 0.1) is 14.2 Å². The van der Waals surface area contributed by atoms with Gasteiger partial charge < -0.3 is 9.47 Å². The first kappa shape index (κ1) is 28.8. The lowest BCUT2D eigenvalue weighted by atomic mass is 9.80. The van der Waals surface area contributed by atoms with Crippen LogP contribution in [0, 0.1) is 10.8 Å². The van der Waals surface area contributed by atoms with Gasteiger partial charge in [0.25, 0.3) is 0 Å². The van der Waals surface area contributed by atoms with Crippen molar-refractivity contribution in [1.29, 1.82) is 0 Å². The highest BCUT2D eigenvalue weighted by molar-refractivity contribution is 6.07. The molecule has 0 saturated heterocycles. The minimum Gasteiger partial charge on any atom is -0.468 e. The van der Waals surface area contributed by atoms with Gasteiger partial charge in [0.2, 0.25) is 0 Å². The van der Waals surface area contributed by atoms with Crippen molar-refractivity contribution in [1.82, 2.24) is 0 Å². The molecule has 0 heterocycles. The Morgan fingerprint density at radius 1 is 0.559 bits per heavy atom. The van der Waals surface area contributed by atoms with Crippen LogP contribution in [0.1, 0.15) is 64.5 Å². The molecular formula is C28H36O6. The molecule has 0 radical (unpaired) electrons. The van der Waals surface area contributed by atoms with Gasteiger partial charge in [-0.1, -0.05) is 102 Å². The van der Waals surface area contributed by atoms with Crippen LogP contribution in [0.2, 0.25) is 0 Å². The Kier molecular flexibility index (Phi) is 10.4. The summed E-state index contributed by atoms with van der Waals surface area (Å²) in [5, 5.41) is 0. The fraction of sp³-hybridized carbons (Fsp3) is 0.429. The van der Waals surface area contributed by atoms with Gasteiger partial charge in [-0.25, -0.2) is 0 Å². The molecule has 0 amide bonds. The molecule has 0 aliphatic heterocycles. The minimum absolute atomic E-state index is 0.129. The van der Waals surface area contributed by atoms with Gasteiger partial charge in [-0.05, 0) is 11.1 Å². The second kappa shape index (κ2) is 12.3. The largest absolute Gasteiger partial charge is 0.468 e. The third-order valence-electron chi connectivity index (χ3n) is 5.14. The average molecular weight is 469 g/mol. The summed E-state index contributed by atoms with van der Waals surface area (Å²) in [6.45, 7) is 10.8. The zero-order valence-electron chi connectivity index (χ0n) is 21.4. The van der Waals surface area contributed by atoms with Crippen LogP contribution in [-0.2, 0) is 28.7 Å². The highest BCUT2D eigenvalue weighted by Crippen LogP contribution is 2.29. The molecule has 2 rings (SSSR count). The number of carbonyl (C=O) groups is 4. The van der Waals surface area contributed by atoms with Crippen molar-refractivity contribution in [2.75, 3.05) is 14.2 Å². The molecule has 6 nitrogen and oxygen atoms in total. The number of ether oxygens (including phenoxy) is 2. The van der Waals surface area contributed by atoms with E-state index in [1.165, 1.54) is 14.2 Å². The molecule has 184 valence electrons. The maximum atomic E-state index is 12.3. The molecule has 0 N–H and O–H groups in total. The summed E-state index contributed by atoms with van der Waals surface area (Å²) in [5.74, 6) is -2.93. The number of ketones is 2. The lowest BCUT2D eigenvalue weighted by Crippen LogP contribution is -2.32. The van der Waals surface area contributed by atoms with E-state index in [0.29, 0.717) is 11.1 Å². The number of methoxy groups -OCH3 is 2. The van der Waals surface area contributed by atoms with Crippen molar-refractivity contribution >= 4 is 23.5 Å². The third-order valence-corrected chi connectivity index (χ3v) is 5.14. The fourth-order valence-corrected chi connectivity index (χ4v) is 3.18. The average Bonchev–Trinajstić information content (AvgIpc) is 2.79. The first-order chi connectivity index (χ1) is 15.8. The Morgan fingerprint density at radius 2 is 0.824 bits per heavy atom. The SMILES string of the molecule is COC(=O)C(C(=O)C(C)(C)C)c1ccccc1.COC(=O)C(C(=O)C(C)(C)C)c1ccccc1. The van der Waals surface area contributed by atoms with E-state index in [-0.39, 0.29) is 11.6 Å². The molecule has 0 aromatic heterocycles. The van der Waals surface area contributed by atoms with E-state index < -0.39 is 34.6 Å². The van der Waals surface area contributed by atoms with Crippen molar-refractivity contribution in [3.63, 3.8) is 0 Å². The third kappa shape index (κ3) is 7.94. The molecule has 0 aliphatic rings. The van der Waals surface area contributed by atoms with Gasteiger partial charge in [-0.15, -0.1) is 0 Å². The van der Waals surface area contributed by atoms with Crippen LogP contribution in [0.25, 0.3) is 0 Å². The summed E-state index contributed by atoms with van der Waals surface area (Å²) >= 11 is 0. The fourth-order valence-electron chi connectivity index (χ4n) is 3.18. The van der Waals surface area contributed by atoms with E-state index in [4.69, 9.17) is 9.47 Å². The maximum Gasteiger partial charge on any atom is 0.320 e. The number of esters is 2. The molecule has 2 unspecified atom stereocenters. The van der Waals surface area contributed by atoms with Crippen LogP contribution in [0.5, 0.6) is 0 Å². The standard InChI is InChI=1S/2C14H18O3/c2*1-14(2,3)12(15)11(13(16)17-4)10-8-6-5-7-9-10/h2*5-9,11H,1-4H3. The van der Waals surface area contributed by atoms with E-state index in [0.717, 1.165) is 0 Å². The predicted molar refractivity (Wildman–Crippen MR) is 131 cm³/mol. The van der Waals surface area contributed by atoms with Gasteiger partial charge >= 0.3 is 11.9 Å². The molecule has 34 heavy (non-hydrogen) atoms. The number of carbonyl (C=O) groups excluding carboxylic acids is 4. The summed E-state index contributed by atoms with van der Waals surface area (Å²) in [5.41, 5.74) is 0.210. The summed E-state index contributed by atoms with van der Waals surface area (Å²) in [7, 11) is 2.60. The quantitative estimate of drug-likeness (QED) is 0.432. The summed E-state index contributed by atoms with van der Waals surface area (Å²) in [6.07, 6.45) is 0. The van der Waals surface area contributed by atoms with Crippen LogP contribution in [-0.4, -0.2) is 37.7 Å². The van der Waals surface area contributed by atoms with Gasteiger partial charge in [0.15, 0.2) is 11.6 Å². The van der Waals surface area contributed by atoms with Gasteiger partial charge in [0.1, 0.15) is 11.8 Å². The lowest BCUT2D eigenvalue weighted by Gasteiger charge is -2.23. The molecule has 0 bridgehead atoms. The van der Waals surface area contributed by atoms with E-state index in [1.807, 2.05) is 12.1 Å². The summed E-state index contributed by atoms with van der Waals surface area (Å²) in [4.78, 5) is 48.0. The van der Waals surface area contributed by atoms with Gasteiger partial charge in [-0.2, -0.15) is 0 Å². The number of hydrogen-bond acceptors (Lipinski definition) is 6. The van der Waals surface area contributed by atoms with E-state index in [1.54, 1.807) is 90.1 Å². The molecule has 0 aliphatic carbocycles. The smallest absolute Gasteiger partial charge is 0.320 e. The highest BCUT2D eigenvalue weighted by atomic mass is 16.5. The Hall–Kier alpha value is -3.28. The molecule has 2 atom stereocenters. The Balaban J connectivity index is 0.000000340. The zero-order chi connectivity index (χ0) is 26.1. The van der Waals surface area contributed by atoms with Gasteiger partial charge in [-0.3, -0.25) is 19.2 Å². The van der Waals surface area contributed by atoms with Crippen LogP contribution < -0.4 is 0 Å². The Morgan fingerprint density at radius 3 is 1.03 bits per heavy atom. The van der Waals surface area contributed by atoms with E-state index >= 15 is 0 Å². The highest BCUT2D eigenvalue weighted by Gasteiger charge is 2.37. The first-order valence-electron chi connectivity index (χ1n) is 11.1. The minimum atomic E-state index is -0.832. The first-order valence-corrected chi connectivity index (χ1v) is 11.1. The van der Waals surface area contributed by atoms with Crippen LogP contribution in [0.15, 0.2) is 60.7 Å².